The lowest BCUT2D eigenvalue weighted by atomic mass is 9.99. The van der Waals surface area contributed by atoms with Gasteiger partial charge in [0.25, 0.3) is 5.91 Å². The predicted molar refractivity (Wildman–Crippen MR) is 142 cm³/mol. The fourth-order valence-electron chi connectivity index (χ4n) is 4.66. The highest BCUT2D eigenvalue weighted by Gasteiger charge is 2.26. The number of nitrogens with zero attached hydrogens (tertiary/aromatic N) is 1. The van der Waals surface area contributed by atoms with Crippen LogP contribution in [0.1, 0.15) is 21.6 Å². The van der Waals surface area contributed by atoms with Crippen molar-refractivity contribution in [3.63, 3.8) is 0 Å². The molecule has 7 heteroatoms. The molecule has 2 heterocycles. The Bertz CT molecular complexity index is 1360. The number of aromatic amines is 1. The minimum atomic E-state index is -0.283. The first kappa shape index (κ1) is 23.6. The average Bonchev–Trinajstić information content (AvgIpc) is 3.29. The summed E-state index contributed by atoms with van der Waals surface area (Å²) in [5.41, 5.74) is 5.84. The summed E-state index contributed by atoms with van der Waals surface area (Å²) in [6.07, 6.45) is 0.746. The van der Waals surface area contributed by atoms with Crippen LogP contribution in [0.5, 0.6) is 0 Å². The molecule has 1 saturated heterocycles. The quantitative estimate of drug-likeness (QED) is 0.362. The number of fused-ring (bicyclic) bond motifs is 1. The molecule has 0 saturated carbocycles. The van der Waals surface area contributed by atoms with Crippen LogP contribution in [-0.4, -0.2) is 54.7 Å². The van der Waals surface area contributed by atoms with Crippen molar-refractivity contribution >= 4 is 28.5 Å². The maximum atomic E-state index is 13.6. The van der Waals surface area contributed by atoms with Gasteiger partial charge in [0.2, 0.25) is 0 Å². The van der Waals surface area contributed by atoms with Crippen molar-refractivity contribution in [2.24, 2.45) is 0 Å². The Morgan fingerprint density at radius 2 is 1.67 bits per heavy atom. The van der Waals surface area contributed by atoms with Gasteiger partial charge in [0, 0.05) is 30.6 Å². The van der Waals surface area contributed by atoms with Gasteiger partial charge in [0.05, 0.1) is 24.4 Å². The van der Waals surface area contributed by atoms with Crippen LogP contribution in [0, 0.1) is 6.92 Å². The van der Waals surface area contributed by atoms with E-state index in [0.29, 0.717) is 44.2 Å². The summed E-state index contributed by atoms with van der Waals surface area (Å²) in [7, 11) is 0. The summed E-state index contributed by atoms with van der Waals surface area (Å²) in [5.74, 6) is -0.0655. The van der Waals surface area contributed by atoms with Gasteiger partial charge in [-0.2, -0.15) is 0 Å². The van der Waals surface area contributed by atoms with E-state index in [2.05, 4.69) is 21.7 Å². The molecule has 0 radical (unpaired) electrons. The van der Waals surface area contributed by atoms with Crippen molar-refractivity contribution in [2.45, 2.75) is 13.3 Å². The molecule has 1 aliphatic heterocycles. The Morgan fingerprint density at radius 3 is 2.39 bits per heavy atom. The van der Waals surface area contributed by atoms with Crippen LogP contribution in [0.4, 0.5) is 10.5 Å². The van der Waals surface area contributed by atoms with E-state index in [1.807, 2.05) is 78.6 Å². The van der Waals surface area contributed by atoms with Gasteiger partial charge in [-0.3, -0.25) is 4.79 Å². The molecule has 1 fully saturated rings. The summed E-state index contributed by atoms with van der Waals surface area (Å²) < 4.78 is 5.44. The second-order valence-electron chi connectivity index (χ2n) is 9.00. The molecule has 1 aliphatic rings. The molecule has 5 rings (SSSR count). The highest BCUT2D eigenvalue weighted by Crippen LogP contribution is 2.37. The van der Waals surface area contributed by atoms with E-state index in [0.717, 1.165) is 34.0 Å². The predicted octanol–water partition coefficient (Wildman–Crippen LogP) is 4.98. The number of urea groups is 1. The number of aromatic nitrogens is 1. The number of morpholine rings is 1. The fourth-order valence-corrected chi connectivity index (χ4v) is 4.66. The Balaban J connectivity index is 1.47. The number of hydrogen-bond acceptors (Lipinski definition) is 3. The van der Waals surface area contributed by atoms with Crippen molar-refractivity contribution in [1.29, 1.82) is 0 Å². The molecule has 0 aliphatic carbocycles. The molecule has 184 valence electrons. The molecule has 0 atom stereocenters. The molecule has 7 nitrogen and oxygen atoms in total. The van der Waals surface area contributed by atoms with Gasteiger partial charge >= 0.3 is 6.03 Å². The number of carbonyl (C=O) groups is 2. The van der Waals surface area contributed by atoms with Crippen LogP contribution in [0.3, 0.4) is 0 Å². The van der Waals surface area contributed by atoms with Crippen molar-refractivity contribution in [2.75, 3.05) is 38.2 Å². The number of ether oxygens (including phenoxy) is 1. The van der Waals surface area contributed by atoms with Crippen LogP contribution in [0.15, 0.2) is 72.8 Å². The number of carbonyl (C=O) groups excluding carboxylic acids is 2. The van der Waals surface area contributed by atoms with Gasteiger partial charge in [0.1, 0.15) is 5.69 Å². The highest BCUT2D eigenvalue weighted by atomic mass is 16.5. The minimum absolute atomic E-state index is 0.0655. The summed E-state index contributed by atoms with van der Waals surface area (Å²) >= 11 is 0. The lowest BCUT2D eigenvalue weighted by Gasteiger charge is -2.26. The lowest BCUT2D eigenvalue weighted by Crippen LogP contribution is -2.41. The summed E-state index contributed by atoms with van der Waals surface area (Å²) in [6, 6.07) is 23.6. The molecule has 1 aromatic heterocycles. The van der Waals surface area contributed by atoms with E-state index in [4.69, 9.17) is 4.74 Å². The molecule has 3 amide bonds. The van der Waals surface area contributed by atoms with Crippen molar-refractivity contribution in [3.05, 3.63) is 89.6 Å². The first-order valence-electron chi connectivity index (χ1n) is 12.3. The van der Waals surface area contributed by atoms with Gasteiger partial charge in [-0.25, -0.2) is 4.79 Å². The number of nitrogens with one attached hydrogen (secondary N) is 3. The molecule has 3 N–H and O–H groups in total. The topological polar surface area (TPSA) is 86.5 Å². The largest absolute Gasteiger partial charge is 0.378 e. The van der Waals surface area contributed by atoms with Gasteiger partial charge in [0.15, 0.2) is 0 Å². The Labute approximate surface area is 210 Å². The lowest BCUT2D eigenvalue weighted by molar-refractivity contribution is 0.0300. The van der Waals surface area contributed by atoms with Crippen LogP contribution >= 0.6 is 0 Å². The Kier molecular flexibility index (Phi) is 7.00. The van der Waals surface area contributed by atoms with Crippen LogP contribution in [0.25, 0.3) is 22.0 Å². The Morgan fingerprint density at radius 1 is 0.972 bits per heavy atom. The molecule has 0 unspecified atom stereocenters. The van der Waals surface area contributed by atoms with Gasteiger partial charge in [-0.05, 0) is 42.2 Å². The van der Waals surface area contributed by atoms with E-state index in [1.165, 1.54) is 5.56 Å². The smallest absolute Gasteiger partial charge is 0.319 e. The first-order chi connectivity index (χ1) is 17.6. The second-order valence-corrected chi connectivity index (χ2v) is 9.00. The van der Waals surface area contributed by atoms with E-state index in [1.54, 1.807) is 0 Å². The third kappa shape index (κ3) is 5.11. The van der Waals surface area contributed by atoms with Gasteiger partial charge < -0.3 is 25.3 Å². The summed E-state index contributed by atoms with van der Waals surface area (Å²) in [6.45, 7) is 4.67. The number of amides is 3. The van der Waals surface area contributed by atoms with Crippen molar-refractivity contribution in [1.82, 2.24) is 15.2 Å². The average molecular weight is 483 g/mol. The number of benzene rings is 3. The normalized spacial score (nSPS) is 13.5. The molecule has 0 spiro atoms. The molecule has 3 aromatic carbocycles. The van der Waals surface area contributed by atoms with E-state index >= 15 is 0 Å². The van der Waals surface area contributed by atoms with E-state index < -0.39 is 0 Å². The van der Waals surface area contributed by atoms with Crippen LogP contribution in [-0.2, 0) is 11.2 Å². The fraction of sp³-hybridized carbons (Fsp3) is 0.241. The zero-order chi connectivity index (χ0) is 24.9. The van der Waals surface area contributed by atoms with Crippen molar-refractivity contribution < 1.29 is 14.3 Å². The maximum absolute atomic E-state index is 13.6. The summed E-state index contributed by atoms with van der Waals surface area (Å²) in [5, 5.41) is 6.84. The van der Waals surface area contributed by atoms with E-state index in [-0.39, 0.29) is 11.9 Å². The molecular weight excluding hydrogens is 452 g/mol. The van der Waals surface area contributed by atoms with Gasteiger partial charge in [-0.15, -0.1) is 0 Å². The third-order valence-electron chi connectivity index (χ3n) is 6.42. The van der Waals surface area contributed by atoms with Crippen LogP contribution < -0.4 is 10.6 Å². The monoisotopic (exact) mass is 482 g/mol. The van der Waals surface area contributed by atoms with Crippen LogP contribution in [0.2, 0.25) is 0 Å². The van der Waals surface area contributed by atoms with Gasteiger partial charge in [-0.1, -0.05) is 60.7 Å². The SMILES string of the molecule is Cc1cc(NC(=O)NCCc2ccccc2)c2[nH]c(C(=O)N3CCOCC3)c(-c3ccccc3)c2c1. The zero-order valence-corrected chi connectivity index (χ0v) is 20.3. The number of H-pyrrole nitrogens is 1. The molecule has 36 heavy (non-hydrogen) atoms. The standard InChI is InChI=1S/C29H30N4O3/c1-20-18-23-25(22-10-6-3-7-11-22)27(28(34)33-14-16-36-17-15-33)32-26(23)24(19-20)31-29(35)30-13-12-21-8-4-2-5-9-21/h2-11,18-19,32H,12-17H2,1H3,(H2,30,31,35). The highest BCUT2D eigenvalue weighted by molar-refractivity contribution is 6.13. The number of aryl methyl sites for hydroxylation is 1. The third-order valence-corrected chi connectivity index (χ3v) is 6.42. The molecule has 4 aromatic rings. The number of rotatable bonds is 6. The number of hydrogen-bond donors (Lipinski definition) is 3. The van der Waals surface area contributed by atoms with E-state index in [9.17, 15) is 9.59 Å². The maximum Gasteiger partial charge on any atom is 0.319 e. The minimum Gasteiger partial charge on any atom is -0.378 e. The summed E-state index contributed by atoms with van der Waals surface area (Å²) in [4.78, 5) is 31.6. The Hall–Kier alpha value is -4.10. The first-order valence-corrected chi connectivity index (χ1v) is 12.3. The second kappa shape index (κ2) is 10.7. The zero-order valence-electron chi connectivity index (χ0n) is 20.3. The molecule has 0 bridgehead atoms. The molecular formula is C29H30N4O3. The number of anilines is 1. The van der Waals surface area contributed by atoms with Crippen molar-refractivity contribution in [3.8, 4) is 11.1 Å².